The van der Waals surface area contributed by atoms with Gasteiger partial charge in [0.25, 0.3) is 0 Å². The van der Waals surface area contributed by atoms with Gasteiger partial charge >= 0.3 is 6.09 Å². The monoisotopic (exact) mass is 317 g/mol. The molecule has 0 saturated carbocycles. The molecule has 1 aromatic heterocycles. The van der Waals surface area contributed by atoms with Gasteiger partial charge in [0.1, 0.15) is 11.4 Å². The van der Waals surface area contributed by atoms with Crippen LogP contribution in [0, 0.1) is 6.92 Å². The van der Waals surface area contributed by atoms with Gasteiger partial charge in [-0.2, -0.15) is 0 Å². The molecule has 0 radical (unpaired) electrons. The Morgan fingerprint density at radius 3 is 2.52 bits per heavy atom. The van der Waals surface area contributed by atoms with Gasteiger partial charge in [-0.25, -0.2) is 9.78 Å². The Hall–Kier alpha value is -2.04. The zero-order valence-corrected chi connectivity index (χ0v) is 14.6. The number of carbonyl (C=O) groups excluding carboxylic acids is 1. The van der Waals surface area contributed by atoms with Gasteiger partial charge in [0.2, 0.25) is 0 Å². The van der Waals surface area contributed by atoms with Gasteiger partial charge in [-0.1, -0.05) is 12.1 Å². The van der Waals surface area contributed by atoms with Crippen LogP contribution in [0.4, 0.5) is 10.6 Å². The number of ether oxygens (including phenoxy) is 1. The number of rotatable bonds is 3. The van der Waals surface area contributed by atoms with E-state index in [1.54, 1.807) is 4.90 Å². The summed E-state index contributed by atoms with van der Waals surface area (Å²) in [5.74, 6) is 1.00. The molecule has 0 atom stereocenters. The SMILES string of the molecule is C=CCc1cnc(N2CCN(C(=O)OC(C)(C)C)CC2)c(C)c1. The summed E-state index contributed by atoms with van der Waals surface area (Å²) < 4.78 is 5.43. The second kappa shape index (κ2) is 7.02. The van der Waals surface area contributed by atoms with Crippen LogP contribution in [0.2, 0.25) is 0 Å². The van der Waals surface area contributed by atoms with Gasteiger partial charge in [-0.05, 0) is 45.2 Å². The lowest BCUT2D eigenvalue weighted by Crippen LogP contribution is -2.50. The smallest absolute Gasteiger partial charge is 0.410 e. The van der Waals surface area contributed by atoms with E-state index in [-0.39, 0.29) is 6.09 Å². The lowest BCUT2D eigenvalue weighted by molar-refractivity contribution is 0.0240. The summed E-state index contributed by atoms with van der Waals surface area (Å²) in [7, 11) is 0. The minimum atomic E-state index is -0.451. The standard InChI is InChI=1S/C18H27N3O2/c1-6-7-15-12-14(2)16(19-13-15)20-8-10-21(11-9-20)17(22)23-18(3,4)5/h6,12-13H,1,7-11H2,2-5H3. The number of hydrogen-bond acceptors (Lipinski definition) is 4. The molecular weight excluding hydrogens is 290 g/mol. The first kappa shape index (κ1) is 17.3. The lowest BCUT2D eigenvalue weighted by Gasteiger charge is -2.36. The third-order valence-corrected chi connectivity index (χ3v) is 3.72. The van der Waals surface area contributed by atoms with Crippen LogP contribution < -0.4 is 4.90 Å². The van der Waals surface area contributed by atoms with Crippen LogP contribution in [-0.4, -0.2) is 47.8 Å². The van der Waals surface area contributed by atoms with Crippen molar-refractivity contribution in [2.75, 3.05) is 31.1 Å². The second-order valence-corrected chi connectivity index (χ2v) is 6.93. The Bertz CT molecular complexity index is 570. The summed E-state index contributed by atoms with van der Waals surface area (Å²) in [6, 6.07) is 2.16. The molecule has 23 heavy (non-hydrogen) atoms. The molecule has 0 N–H and O–H groups in total. The highest BCUT2D eigenvalue weighted by Crippen LogP contribution is 2.20. The van der Waals surface area contributed by atoms with Crippen molar-refractivity contribution in [1.29, 1.82) is 0 Å². The summed E-state index contributed by atoms with van der Waals surface area (Å²) in [4.78, 5) is 20.7. The molecule has 1 aromatic rings. The maximum Gasteiger partial charge on any atom is 0.410 e. The summed E-state index contributed by atoms with van der Waals surface area (Å²) in [5, 5.41) is 0. The molecule has 1 amide bonds. The van der Waals surface area contributed by atoms with Crippen LogP contribution in [0.25, 0.3) is 0 Å². The van der Waals surface area contributed by atoms with Crippen LogP contribution in [0.1, 0.15) is 31.9 Å². The molecule has 126 valence electrons. The number of amides is 1. The number of aryl methyl sites for hydroxylation is 1. The van der Waals surface area contributed by atoms with Crippen molar-refractivity contribution in [1.82, 2.24) is 9.88 Å². The Kier molecular flexibility index (Phi) is 5.29. The molecule has 2 heterocycles. The van der Waals surface area contributed by atoms with E-state index in [2.05, 4.69) is 29.5 Å². The van der Waals surface area contributed by atoms with Crippen molar-refractivity contribution in [3.05, 3.63) is 36.0 Å². The maximum atomic E-state index is 12.1. The first-order chi connectivity index (χ1) is 10.8. The Balaban J connectivity index is 1.96. The van der Waals surface area contributed by atoms with Crippen molar-refractivity contribution in [2.24, 2.45) is 0 Å². The Morgan fingerprint density at radius 1 is 1.35 bits per heavy atom. The molecule has 0 unspecified atom stereocenters. The van der Waals surface area contributed by atoms with E-state index in [0.29, 0.717) is 13.1 Å². The fourth-order valence-corrected chi connectivity index (χ4v) is 2.66. The van der Waals surface area contributed by atoms with Crippen LogP contribution >= 0.6 is 0 Å². The normalized spacial score (nSPS) is 15.5. The zero-order valence-electron chi connectivity index (χ0n) is 14.6. The number of pyridine rings is 1. The Labute approximate surface area is 138 Å². The number of hydrogen-bond donors (Lipinski definition) is 0. The predicted molar refractivity (Wildman–Crippen MR) is 92.9 cm³/mol. The van der Waals surface area contributed by atoms with Gasteiger partial charge in [0.05, 0.1) is 0 Å². The summed E-state index contributed by atoms with van der Waals surface area (Å²) in [6.45, 7) is 14.4. The molecule has 5 heteroatoms. The third kappa shape index (κ3) is 4.71. The van der Waals surface area contributed by atoms with E-state index in [1.165, 1.54) is 5.56 Å². The minimum Gasteiger partial charge on any atom is -0.444 e. The van der Waals surface area contributed by atoms with Crippen molar-refractivity contribution >= 4 is 11.9 Å². The molecule has 1 saturated heterocycles. The molecule has 1 aliphatic heterocycles. The number of nitrogens with zero attached hydrogens (tertiary/aromatic N) is 3. The second-order valence-electron chi connectivity index (χ2n) is 6.93. The van der Waals surface area contributed by atoms with E-state index in [1.807, 2.05) is 33.0 Å². The summed E-state index contributed by atoms with van der Waals surface area (Å²) in [5.41, 5.74) is 1.89. The average Bonchev–Trinajstić information content (AvgIpc) is 2.46. The van der Waals surface area contributed by atoms with Gasteiger partial charge in [-0.15, -0.1) is 6.58 Å². The first-order valence-corrected chi connectivity index (χ1v) is 8.09. The minimum absolute atomic E-state index is 0.233. The van der Waals surface area contributed by atoms with Crippen LogP contribution in [0.3, 0.4) is 0 Å². The van der Waals surface area contributed by atoms with Crippen molar-refractivity contribution in [2.45, 2.75) is 39.7 Å². The van der Waals surface area contributed by atoms with Crippen molar-refractivity contribution < 1.29 is 9.53 Å². The zero-order chi connectivity index (χ0) is 17.0. The molecule has 0 spiro atoms. The van der Waals surface area contributed by atoms with E-state index >= 15 is 0 Å². The lowest BCUT2D eigenvalue weighted by atomic mass is 10.1. The number of piperazine rings is 1. The molecule has 2 rings (SSSR count). The molecule has 0 bridgehead atoms. The molecule has 1 fully saturated rings. The quantitative estimate of drug-likeness (QED) is 0.803. The molecule has 5 nitrogen and oxygen atoms in total. The average molecular weight is 317 g/mol. The number of anilines is 1. The van der Waals surface area contributed by atoms with Crippen LogP contribution in [0.5, 0.6) is 0 Å². The van der Waals surface area contributed by atoms with Crippen LogP contribution in [0.15, 0.2) is 24.9 Å². The Morgan fingerprint density at radius 2 is 2.00 bits per heavy atom. The highest BCUT2D eigenvalue weighted by Gasteiger charge is 2.26. The molecule has 0 aliphatic carbocycles. The topological polar surface area (TPSA) is 45.7 Å². The number of allylic oxidation sites excluding steroid dienone is 1. The molecular formula is C18H27N3O2. The van der Waals surface area contributed by atoms with E-state index in [4.69, 9.17) is 4.74 Å². The fourth-order valence-electron chi connectivity index (χ4n) is 2.66. The van der Waals surface area contributed by atoms with Crippen molar-refractivity contribution in [3.8, 4) is 0 Å². The highest BCUT2D eigenvalue weighted by atomic mass is 16.6. The van der Waals surface area contributed by atoms with E-state index < -0.39 is 5.60 Å². The predicted octanol–water partition coefficient (Wildman–Crippen LogP) is 3.18. The molecule has 1 aliphatic rings. The van der Waals surface area contributed by atoms with E-state index in [0.717, 1.165) is 30.9 Å². The van der Waals surface area contributed by atoms with Gasteiger partial charge < -0.3 is 14.5 Å². The summed E-state index contributed by atoms with van der Waals surface area (Å²) >= 11 is 0. The number of aromatic nitrogens is 1. The maximum absolute atomic E-state index is 12.1. The third-order valence-electron chi connectivity index (χ3n) is 3.72. The van der Waals surface area contributed by atoms with Gasteiger partial charge in [-0.3, -0.25) is 0 Å². The highest BCUT2D eigenvalue weighted by molar-refractivity contribution is 5.68. The van der Waals surface area contributed by atoms with E-state index in [9.17, 15) is 4.79 Å². The molecule has 0 aromatic carbocycles. The fraction of sp³-hybridized carbons (Fsp3) is 0.556. The van der Waals surface area contributed by atoms with Gasteiger partial charge in [0.15, 0.2) is 0 Å². The number of carbonyl (C=O) groups is 1. The summed E-state index contributed by atoms with van der Waals surface area (Å²) in [6.07, 6.45) is 4.39. The largest absolute Gasteiger partial charge is 0.444 e. The van der Waals surface area contributed by atoms with Gasteiger partial charge in [0, 0.05) is 32.4 Å². The van der Waals surface area contributed by atoms with Crippen LogP contribution in [-0.2, 0) is 11.2 Å². The first-order valence-electron chi connectivity index (χ1n) is 8.09. The van der Waals surface area contributed by atoms with Crippen molar-refractivity contribution in [3.63, 3.8) is 0 Å².